The van der Waals surface area contributed by atoms with Crippen LogP contribution in [0.2, 0.25) is 0 Å². The maximum Gasteiger partial charge on any atom is 0.204 e. The molecule has 1 unspecified atom stereocenters. The van der Waals surface area contributed by atoms with Crippen molar-refractivity contribution >= 4 is 17.0 Å². The number of benzene rings is 2. The van der Waals surface area contributed by atoms with Crippen LogP contribution in [0.25, 0.3) is 11.0 Å². The molecule has 0 radical (unpaired) electrons. The lowest BCUT2D eigenvalue weighted by Gasteiger charge is -2.15. The molecule has 1 heterocycles. The van der Waals surface area contributed by atoms with Gasteiger partial charge in [0.15, 0.2) is 0 Å². The lowest BCUT2D eigenvalue weighted by atomic mass is 10.1. The number of nitrogens with zero attached hydrogens (tertiary/aromatic N) is 2. The van der Waals surface area contributed by atoms with Gasteiger partial charge in [0.1, 0.15) is 0 Å². The number of hydrogen-bond donors (Lipinski definition) is 2. The van der Waals surface area contributed by atoms with Crippen LogP contribution in [0.1, 0.15) is 11.7 Å². The van der Waals surface area contributed by atoms with Crippen LogP contribution >= 0.6 is 0 Å². The van der Waals surface area contributed by atoms with Gasteiger partial charge in [-0.15, -0.1) is 0 Å². The van der Waals surface area contributed by atoms with Crippen LogP contribution in [0, 0.1) is 0 Å². The van der Waals surface area contributed by atoms with Crippen LogP contribution in [0.5, 0.6) is 0 Å². The highest BCUT2D eigenvalue weighted by molar-refractivity contribution is 5.78. The van der Waals surface area contributed by atoms with Crippen molar-refractivity contribution in [1.82, 2.24) is 9.55 Å². The first kappa shape index (κ1) is 15.5. The Morgan fingerprint density at radius 2 is 1.87 bits per heavy atom. The number of hydrogen-bond acceptors (Lipinski definition) is 4. The molecular weight excluding hydrogens is 290 g/mol. The van der Waals surface area contributed by atoms with E-state index in [1.54, 1.807) is 7.11 Å². The minimum Gasteiger partial charge on any atom is -0.387 e. The lowest BCUT2D eigenvalue weighted by molar-refractivity contribution is 0.158. The molecule has 0 spiro atoms. The first-order valence-corrected chi connectivity index (χ1v) is 7.70. The highest BCUT2D eigenvalue weighted by Gasteiger charge is 2.15. The molecule has 0 saturated heterocycles. The molecule has 2 aromatic carbocycles. The fourth-order valence-electron chi connectivity index (χ4n) is 2.61. The van der Waals surface area contributed by atoms with Gasteiger partial charge in [-0.1, -0.05) is 42.5 Å². The van der Waals surface area contributed by atoms with Crippen molar-refractivity contribution in [2.24, 2.45) is 0 Å². The minimum absolute atomic E-state index is 0.444. The molecule has 0 aliphatic carbocycles. The van der Waals surface area contributed by atoms with Crippen molar-refractivity contribution in [2.45, 2.75) is 12.6 Å². The molecule has 0 amide bonds. The van der Waals surface area contributed by atoms with Crippen molar-refractivity contribution in [1.29, 1.82) is 0 Å². The molecular formula is C18H21N3O2. The molecule has 3 aromatic rings. The Morgan fingerprint density at radius 1 is 1.13 bits per heavy atom. The largest absolute Gasteiger partial charge is 0.387 e. The summed E-state index contributed by atoms with van der Waals surface area (Å²) in [5.74, 6) is 0.748. The van der Waals surface area contributed by atoms with Gasteiger partial charge in [0.25, 0.3) is 0 Å². The van der Waals surface area contributed by atoms with E-state index in [-0.39, 0.29) is 0 Å². The topological polar surface area (TPSA) is 59.3 Å². The molecule has 0 fully saturated rings. The van der Waals surface area contributed by atoms with Gasteiger partial charge < -0.3 is 19.7 Å². The van der Waals surface area contributed by atoms with Crippen molar-refractivity contribution in [3.8, 4) is 0 Å². The van der Waals surface area contributed by atoms with E-state index in [9.17, 15) is 5.11 Å². The third kappa shape index (κ3) is 3.52. The van der Waals surface area contributed by atoms with E-state index in [0.717, 1.165) is 22.5 Å². The smallest absolute Gasteiger partial charge is 0.204 e. The van der Waals surface area contributed by atoms with Gasteiger partial charge in [-0.2, -0.15) is 0 Å². The van der Waals surface area contributed by atoms with Crippen LogP contribution in [0.4, 0.5) is 5.95 Å². The predicted molar refractivity (Wildman–Crippen MR) is 91.5 cm³/mol. The number of ether oxygens (including phenoxy) is 1. The zero-order valence-electron chi connectivity index (χ0n) is 13.1. The van der Waals surface area contributed by atoms with Crippen LogP contribution < -0.4 is 5.32 Å². The Labute approximate surface area is 135 Å². The molecule has 1 aromatic heterocycles. The highest BCUT2D eigenvalue weighted by atomic mass is 16.5. The van der Waals surface area contributed by atoms with Crippen LogP contribution in [-0.2, 0) is 11.3 Å². The van der Waals surface area contributed by atoms with Gasteiger partial charge in [-0.25, -0.2) is 4.98 Å². The number of aliphatic hydroxyl groups is 1. The number of aromatic nitrogens is 2. The maximum absolute atomic E-state index is 10.5. The maximum atomic E-state index is 10.5. The summed E-state index contributed by atoms with van der Waals surface area (Å²) in [5, 5.41) is 13.8. The molecule has 3 rings (SSSR count). The third-order valence-electron chi connectivity index (χ3n) is 3.78. The monoisotopic (exact) mass is 311 g/mol. The second-order valence-electron chi connectivity index (χ2n) is 5.38. The van der Waals surface area contributed by atoms with Crippen molar-refractivity contribution < 1.29 is 9.84 Å². The van der Waals surface area contributed by atoms with Gasteiger partial charge >= 0.3 is 0 Å². The van der Waals surface area contributed by atoms with Crippen LogP contribution in [0.3, 0.4) is 0 Å². The van der Waals surface area contributed by atoms with Gasteiger partial charge in [-0.05, 0) is 17.7 Å². The lowest BCUT2D eigenvalue weighted by Crippen LogP contribution is -2.15. The molecule has 5 heteroatoms. The molecule has 0 saturated carbocycles. The Bertz CT molecular complexity index is 755. The molecule has 0 bridgehead atoms. The first-order chi connectivity index (χ1) is 11.3. The molecule has 5 nitrogen and oxygen atoms in total. The molecule has 1 atom stereocenters. The van der Waals surface area contributed by atoms with Crippen LogP contribution in [0.15, 0.2) is 54.6 Å². The van der Waals surface area contributed by atoms with Gasteiger partial charge in [0, 0.05) is 13.7 Å². The van der Waals surface area contributed by atoms with E-state index >= 15 is 0 Å². The van der Waals surface area contributed by atoms with E-state index in [4.69, 9.17) is 4.74 Å². The van der Waals surface area contributed by atoms with Crippen molar-refractivity contribution in [2.75, 3.05) is 25.6 Å². The van der Waals surface area contributed by atoms with E-state index < -0.39 is 6.10 Å². The van der Waals surface area contributed by atoms with Gasteiger partial charge in [0.2, 0.25) is 5.95 Å². The summed E-state index contributed by atoms with van der Waals surface area (Å²) in [6.07, 6.45) is -0.586. The average Bonchev–Trinajstić information content (AvgIpc) is 2.94. The molecule has 23 heavy (non-hydrogen) atoms. The fraction of sp³-hybridized carbons (Fsp3) is 0.278. The molecule has 2 N–H and O–H groups in total. The summed E-state index contributed by atoms with van der Waals surface area (Å²) in [5.41, 5.74) is 2.81. The quantitative estimate of drug-likeness (QED) is 0.659. The summed E-state index contributed by atoms with van der Waals surface area (Å²) in [6, 6.07) is 17.6. The Morgan fingerprint density at radius 3 is 2.65 bits per heavy atom. The average molecular weight is 311 g/mol. The van der Waals surface area contributed by atoms with Gasteiger partial charge in [-0.3, -0.25) is 0 Å². The standard InChI is InChI=1S/C18H21N3O2/c1-23-12-11-19-18-20-15-9-5-6-10-16(15)21(18)13-17(22)14-7-3-2-4-8-14/h2-10,17,22H,11-13H2,1H3,(H,19,20). The minimum atomic E-state index is -0.586. The second kappa shape index (κ2) is 7.26. The van der Waals surface area contributed by atoms with E-state index in [0.29, 0.717) is 19.7 Å². The Kier molecular flexibility index (Phi) is 4.90. The highest BCUT2D eigenvalue weighted by Crippen LogP contribution is 2.23. The summed E-state index contributed by atoms with van der Waals surface area (Å²) in [6.45, 7) is 1.71. The number of nitrogens with one attached hydrogen (secondary N) is 1. The van der Waals surface area contributed by atoms with Crippen LogP contribution in [-0.4, -0.2) is 34.9 Å². The number of aliphatic hydroxyl groups excluding tert-OH is 1. The first-order valence-electron chi connectivity index (χ1n) is 7.70. The van der Waals surface area contributed by atoms with Crippen molar-refractivity contribution in [3.05, 3.63) is 60.2 Å². The fourth-order valence-corrected chi connectivity index (χ4v) is 2.61. The zero-order chi connectivity index (χ0) is 16.1. The molecule has 120 valence electrons. The van der Waals surface area contributed by atoms with E-state index in [2.05, 4.69) is 10.3 Å². The number of anilines is 1. The predicted octanol–water partition coefficient (Wildman–Crippen LogP) is 2.83. The molecule has 0 aliphatic heterocycles. The van der Waals surface area contributed by atoms with Crippen molar-refractivity contribution in [3.63, 3.8) is 0 Å². The SMILES string of the molecule is COCCNc1nc2ccccc2n1CC(O)c1ccccc1. The molecule has 0 aliphatic rings. The van der Waals surface area contributed by atoms with Gasteiger partial charge in [0.05, 0.1) is 30.3 Å². The third-order valence-corrected chi connectivity index (χ3v) is 3.78. The second-order valence-corrected chi connectivity index (χ2v) is 5.38. The number of methoxy groups -OCH3 is 1. The number of fused-ring (bicyclic) bond motifs is 1. The normalized spacial score (nSPS) is 12.4. The van der Waals surface area contributed by atoms with E-state index in [1.807, 2.05) is 59.2 Å². The Hall–Kier alpha value is -2.37. The number of imidazole rings is 1. The summed E-state index contributed by atoms with van der Waals surface area (Å²) < 4.78 is 7.10. The summed E-state index contributed by atoms with van der Waals surface area (Å²) >= 11 is 0. The summed E-state index contributed by atoms with van der Waals surface area (Å²) in [7, 11) is 1.67. The zero-order valence-corrected chi connectivity index (χ0v) is 13.1. The Balaban J connectivity index is 1.89. The summed E-state index contributed by atoms with van der Waals surface area (Å²) in [4.78, 5) is 4.62. The number of para-hydroxylation sites is 2. The number of rotatable bonds is 7. The van der Waals surface area contributed by atoms with E-state index in [1.165, 1.54) is 0 Å².